The molecule has 1 N–H and O–H groups in total. The summed E-state index contributed by atoms with van der Waals surface area (Å²) in [6, 6.07) is 3.19. The van der Waals surface area contributed by atoms with Crippen LogP contribution in [0.15, 0.2) is 21.8 Å². The topological polar surface area (TPSA) is 90.3 Å². The number of aromatic nitrogens is 2. The van der Waals surface area contributed by atoms with Crippen LogP contribution >= 0.6 is 0 Å². The molecule has 0 radical (unpaired) electrons. The van der Waals surface area contributed by atoms with Crippen molar-refractivity contribution in [3.8, 4) is 11.4 Å². The first-order valence-corrected chi connectivity index (χ1v) is 13.0. The van der Waals surface area contributed by atoms with E-state index >= 15 is 0 Å². The van der Waals surface area contributed by atoms with Crippen molar-refractivity contribution in [3.05, 3.63) is 56.1 Å². The van der Waals surface area contributed by atoms with Gasteiger partial charge < -0.3 is 14.6 Å². The number of hydrogen-bond donors (Lipinski definition) is 2. The van der Waals surface area contributed by atoms with Crippen molar-refractivity contribution >= 4 is 26.1 Å². The summed E-state index contributed by atoms with van der Waals surface area (Å²) < 4.78 is 35.0. The van der Waals surface area contributed by atoms with Crippen molar-refractivity contribution in [1.29, 1.82) is 0 Å². The number of aryl methyl sites for hydroxylation is 1. The lowest BCUT2D eigenvalue weighted by molar-refractivity contribution is 0.161. The smallest absolute Gasteiger partial charge is 0.378 e. The Bertz CT molecular complexity index is 1530. The Labute approximate surface area is 190 Å². The quantitative estimate of drug-likeness (QED) is 0.346. The highest BCUT2D eigenvalue weighted by atomic mass is 32.2. The molecule has 3 aromatic rings. The minimum absolute atomic E-state index is 0.0490. The van der Waals surface area contributed by atoms with E-state index in [1.807, 2.05) is 7.05 Å². The van der Waals surface area contributed by atoms with Crippen molar-refractivity contribution in [3.63, 3.8) is 0 Å². The molecule has 2 aliphatic heterocycles. The average Bonchev–Trinajstić information content (AvgIpc) is 3.18. The molecule has 0 spiro atoms. The van der Waals surface area contributed by atoms with Crippen LogP contribution in [0.25, 0.3) is 22.3 Å². The monoisotopic (exact) mass is 469 g/mol. The summed E-state index contributed by atoms with van der Waals surface area (Å²) in [6.45, 7) is 3.61. The largest absolute Gasteiger partial charge is 0.452 e. The zero-order chi connectivity index (χ0) is 23.2. The molecule has 0 amide bonds. The third-order valence-electron chi connectivity index (χ3n) is 7.53. The molecule has 9 heteroatoms. The fourth-order valence-electron chi connectivity index (χ4n) is 5.71. The molecule has 7 nitrogen and oxygen atoms in total. The molecule has 0 bridgehead atoms. The highest BCUT2D eigenvalue weighted by Crippen LogP contribution is 2.45. The van der Waals surface area contributed by atoms with Crippen molar-refractivity contribution in [2.45, 2.75) is 50.8 Å². The molecule has 3 aliphatic rings. The number of nitrogens with zero attached hydrogens (tertiary/aromatic N) is 2. The lowest BCUT2D eigenvalue weighted by atomic mass is 9.82. The Kier molecular flexibility index (Phi) is 4.26. The summed E-state index contributed by atoms with van der Waals surface area (Å²) in [6.07, 6.45) is 1.56. The van der Waals surface area contributed by atoms with Gasteiger partial charge in [-0.25, -0.2) is 14.2 Å². The standard InChI is InChI=1S/C24H24FN3O4S/c1-4-33(31)19-8-18-22-13(9-28(18)23(29)14(19)10-32-24(33)30)21-16(26-3)6-5-12-11(2)15(25)7-17(27-22)20(12)21/h7-8,16,26,33H,4-6,9-10H2,1-3H3/t16-/m0/s1. The van der Waals surface area contributed by atoms with Crippen molar-refractivity contribution < 1.29 is 18.1 Å². The highest BCUT2D eigenvalue weighted by Gasteiger charge is 2.39. The highest BCUT2D eigenvalue weighted by molar-refractivity contribution is 8.16. The molecule has 2 aromatic heterocycles. The fourth-order valence-corrected chi connectivity index (χ4v) is 7.71. The van der Waals surface area contributed by atoms with Crippen LogP contribution < -0.4 is 10.9 Å². The minimum Gasteiger partial charge on any atom is -0.452 e. The predicted octanol–water partition coefficient (Wildman–Crippen LogP) is 3.13. The maximum absolute atomic E-state index is 14.8. The van der Waals surface area contributed by atoms with E-state index in [9.17, 15) is 18.2 Å². The third kappa shape index (κ3) is 2.52. The van der Waals surface area contributed by atoms with Gasteiger partial charge in [0, 0.05) is 43.6 Å². The maximum atomic E-state index is 14.8. The van der Waals surface area contributed by atoms with Crippen LogP contribution in [-0.4, -0.2) is 31.9 Å². The number of carbonyl (C=O) groups is 1. The van der Waals surface area contributed by atoms with E-state index in [1.54, 1.807) is 24.5 Å². The summed E-state index contributed by atoms with van der Waals surface area (Å²) in [5.74, 6) is -0.210. The molecular weight excluding hydrogens is 445 g/mol. The van der Waals surface area contributed by atoms with Crippen LogP contribution in [0.1, 0.15) is 47.2 Å². The third-order valence-corrected chi connectivity index (χ3v) is 10.3. The number of hydrogen-bond acceptors (Lipinski definition) is 6. The number of rotatable bonds is 2. The number of carbonyl (C=O) groups excluding carboxylic acids is 1. The normalized spacial score (nSPS) is 20.7. The first-order valence-electron chi connectivity index (χ1n) is 11.2. The van der Waals surface area contributed by atoms with Gasteiger partial charge in [-0.2, -0.15) is 0 Å². The van der Waals surface area contributed by atoms with Crippen LogP contribution in [-0.2, 0) is 34.2 Å². The van der Waals surface area contributed by atoms with Gasteiger partial charge >= 0.3 is 5.30 Å². The molecule has 6 rings (SSSR count). The number of thiol groups is 1. The SMILES string of the molecule is CC[SH]1(=O)C(=O)OCc2c1cc1n(c2=O)Cc2c-1nc1cc(F)c(C)c3c1c2[C@@H](NC)CC3. The van der Waals surface area contributed by atoms with E-state index in [1.165, 1.54) is 6.07 Å². The number of cyclic esters (lactones) is 1. The van der Waals surface area contributed by atoms with E-state index in [2.05, 4.69) is 5.32 Å². The molecule has 0 saturated heterocycles. The number of ether oxygens (including phenoxy) is 1. The van der Waals surface area contributed by atoms with Gasteiger partial charge in [-0.3, -0.25) is 9.00 Å². The average molecular weight is 470 g/mol. The van der Waals surface area contributed by atoms with Gasteiger partial charge in [-0.1, -0.05) is 6.92 Å². The summed E-state index contributed by atoms with van der Waals surface area (Å²) in [4.78, 5) is 30.9. The van der Waals surface area contributed by atoms with E-state index in [4.69, 9.17) is 9.72 Å². The van der Waals surface area contributed by atoms with Crippen molar-refractivity contribution in [2.24, 2.45) is 0 Å². The number of fused-ring (bicyclic) bond motifs is 5. The van der Waals surface area contributed by atoms with Gasteiger partial charge in [-0.05, 0) is 49.6 Å². The summed E-state index contributed by atoms with van der Waals surface area (Å²) >= 11 is 0. The van der Waals surface area contributed by atoms with Crippen LogP contribution in [0.5, 0.6) is 0 Å². The molecule has 4 heterocycles. The second-order valence-electron chi connectivity index (χ2n) is 8.98. The van der Waals surface area contributed by atoms with Crippen LogP contribution in [0.3, 0.4) is 0 Å². The molecule has 172 valence electrons. The first-order chi connectivity index (χ1) is 15.8. The lowest BCUT2D eigenvalue weighted by Gasteiger charge is -2.29. The second-order valence-corrected chi connectivity index (χ2v) is 11.9. The molecule has 1 aromatic carbocycles. The number of pyridine rings is 2. The van der Waals surface area contributed by atoms with Crippen molar-refractivity contribution in [1.82, 2.24) is 14.9 Å². The fraction of sp³-hybridized carbons (Fsp3) is 0.375. The van der Waals surface area contributed by atoms with Gasteiger partial charge in [0.2, 0.25) is 0 Å². The molecule has 1 aliphatic carbocycles. The molecule has 0 fully saturated rings. The molecule has 1 atom stereocenters. The van der Waals surface area contributed by atoms with Gasteiger partial charge in [0.25, 0.3) is 5.56 Å². The van der Waals surface area contributed by atoms with Gasteiger partial charge in [0.05, 0.1) is 29.0 Å². The summed E-state index contributed by atoms with van der Waals surface area (Å²) in [5.41, 5.74) is 5.23. The zero-order valence-electron chi connectivity index (χ0n) is 18.6. The number of halogens is 1. The van der Waals surface area contributed by atoms with Crippen LogP contribution in [0.2, 0.25) is 0 Å². The van der Waals surface area contributed by atoms with Crippen molar-refractivity contribution in [2.75, 3.05) is 12.8 Å². The van der Waals surface area contributed by atoms with E-state index < -0.39 is 15.2 Å². The lowest BCUT2D eigenvalue weighted by Crippen LogP contribution is -2.37. The van der Waals surface area contributed by atoms with Gasteiger partial charge in [0.15, 0.2) is 0 Å². The zero-order valence-corrected chi connectivity index (χ0v) is 19.5. The Morgan fingerprint density at radius 1 is 1.27 bits per heavy atom. The Hall–Kier alpha value is -2.91. The maximum Gasteiger partial charge on any atom is 0.378 e. The van der Waals surface area contributed by atoms with E-state index in [-0.39, 0.29) is 40.2 Å². The minimum atomic E-state index is -3.52. The summed E-state index contributed by atoms with van der Waals surface area (Å²) in [5, 5.41) is 3.58. The van der Waals surface area contributed by atoms with E-state index in [0.29, 0.717) is 29.0 Å². The molecule has 0 saturated carbocycles. The molecule has 33 heavy (non-hydrogen) atoms. The predicted molar refractivity (Wildman–Crippen MR) is 124 cm³/mol. The van der Waals surface area contributed by atoms with E-state index in [0.717, 1.165) is 34.9 Å². The number of benzene rings is 1. The molecular formula is C24H24FN3O4S. The molecule has 0 unspecified atom stereocenters. The Morgan fingerprint density at radius 2 is 2.06 bits per heavy atom. The van der Waals surface area contributed by atoms with Gasteiger partial charge in [0.1, 0.15) is 12.4 Å². The van der Waals surface area contributed by atoms with Crippen LogP contribution in [0.4, 0.5) is 9.18 Å². The van der Waals surface area contributed by atoms with Gasteiger partial charge in [-0.15, -0.1) is 0 Å². The first kappa shape index (κ1) is 20.7. The van der Waals surface area contributed by atoms with Crippen LogP contribution in [0, 0.1) is 12.7 Å². The number of nitrogens with one attached hydrogen (secondary N) is 1. The Morgan fingerprint density at radius 3 is 2.79 bits per heavy atom. The second kappa shape index (κ2) is 6.80. The summed E-state index contributed by atoms with van der Waals surface area (Å²) in [7, 11) is -1.62. The Balaban J connectivity index is 1.71.